The molecule has 1 aromatic heterocycles. The van der Waals surface area contributed by atoms with Gasteiger partial charge in [-0.3, -0.25) is 4.79 Å². The van der Waals surface area contributed by atoms with Crippen LogP contribution >= 0.6 is 0 Å². The van der Waals surface area contributed by atoms with Crippen LogP contribution in [0.2, 0.25) is 0 Å². The lowest BCUT2D eigenvalue weighted by molar-refractivity contribution is 0.0303. The summed E-state index contributed by atoms with van der Waals surface area (Å²) >= 11 is 0. The van der Waals surface area contributed by atoms with Crippen molar-refractivity contribution in [1.29, 1.82) is 0 Å². The van der Waals surface area contributed by atoms with E-state index in [4.69, 9.17) is 14.0 Å². The van der Waals surface area contributed by atoms with Crippen LogP contribution in [0.3, 0.4) is 0 Å². The first-order valence-electron chi connectivity index (χ1n) is 9.86. The number of nitrogens with one attached hydrogen (secondary N) is 1. The van der Waals surface area contributed by atoms with Crippen molar-refractivity contribution in [3.63, 3.8) is 0 Å². The maximum absolute atomic E-state index is 12.5. The van der Waals surface area contributed by atoms with Crippen LogP contribution in [-0.4, -0.2) is 92.0 Å². The van der Waals surface area contributed by atoms with Gasteiger partial charge in [0.25, 0.3) is 11.8 Å². The average Bonchev–Trinajstić information content (AvgIpc) is 3.27. The third-order valence-corrected chi connectivity index (χ3v) is 4.75. The zero-order valence-corrected chi connectivity index (χ0v) is 17.3. The normalized spacial score (nSPS) is 13.9. The number of rotatable bonds is 8. The van der Waals surface area contributed by atoms with E-state index in [0.717, 1.165) is 5.56 Å². The van der Waals surface area contributed by atoms with Crippen LogP contribution in [0, 0.1) is 0 Å². The highest BCUT2D eigenvalue weighted by Crippen LogP contribution is 2.19. The smallest absolute Gasteiger partial charge is 0.317 e. The second-order valence-corrected chi connectivity index (χ2v) is 6.89. The Morgan fingerprint density at radius 1 is 1.23 bits per heavy atom. The summed E-state index contributed by atoms with van der Waals surface area (Å²) in [7, 11) is 3.28. The fraction of sp³-hybridized carbons (Fsp3) is 0.500. The van der Waals surface area contributed by atoms with Crippen molar-refractivity contribution >= 4 is 11.9 Å². The van der Waals surface area contributed by atoms with Gasteiger partial charge in [0, 0.05) is 57.9 Å². The Morgan fingerprint density at radius 3 is 2.67 bits per heavy atom. The number of ether oxygens (including phenoxy) is 2. The van der Waals surface area contributed by atoms with Gasteiger partial charge >= 0.3 is 6.03 Å². The number of aromatic nitrogens is 2. The van der Waals surface area contributed by atoms with E-state index < -0.39 is 0 Å². The SMILES string of the molecule is COCCNC(=O)N(C)CCc1noc(-c2ccc(C(=O)N3CCOCC3)cc2)n1. The topological polar surface area (TPSA) is 110 Å². The van der Waals surface area contributed by atoms with Gasteiger partial charge in [0.2, 0.25) is 0 Å². The van der Waals surface area contributed by atoms with Crippen LogP contribution in [0.5, 0.6) is 0 Å². The van der Waals surface area contributed by atoms with Crippen LogP contribution in [0.1, 0.15) is 16.2 Å². The molecule has 1 saturated heterocycles. The van der Waals surface area contributed by atoms with Crippen LogP contribution < -0.4 is 5.32 Å². The number of carbonyl (C=O) groups excluding carboxylic acids is 2. The van der Waals surface area contributed by atoms with Gasteiger partial charge in [-0.1, -0.05) is 5.16 Å². The molecular formula is C20H27N5O5. The Kier molecular flexibility index (Phi) is 7.75. The first-order chi connectivity index (χ1) is 14.6. The summed E-state index contributed by atoms with van der Waals surface area (Å²) in [5, 5.41) is 6.73. The lowest BCUT2D eigenvalue weighted by Crippen LogP contribution is -2.40. The first kappa shape index (κ1) is 21.7. The predicted molar refractivity (Wildman–Crippen MR) is 108 cm³/mol. The summed E-state index contributed by atoms with van der Waals surface area (Å²) in [6.07, 6.45) is 0.464. The molecule has 1 aliphatic heterocycles. The average molecular weight is 417 g/mol. The number of hydrogen-bond donors (Lipinski definition) is 1. The van der Waals surface area contributed by atoms with Crippen molar-refractivity contribution in [2.24, 2.45) is 0 Å². The van der Waals surface area contributed by atoms with Gasteiger partial charge in [-0.15, -0.1) is 0 Å². The molecule has 0 aliphatic carbocycles. The summed E-state index contributed by atoms with van der Waals surface area (Å²) in [4.78, 5) is 32.2. The van der Waals surface area contributed by atoms with E-state index in [1.807, 2.05) is 0 Å². The predicted octanol–water partition coefficient (Wildman–Crippen LogP) is 1.04. The zero-order valence-electron chi connectivity index (χ0n) is 17.3. The number of carbonyl (C=O) groups is 2. The van der Waals surface area contributed by atoms with E-state index >= 15 is 0 Å². The molecule has 10 nitrogen and oxygen atoms in total. The molecule has 2 aromatic rings. The minimum atomic E-state index is -0.184. The van der Waals surface area contributed by atoms with E-state index in [0.29, 0.717) is 69.7 Å². The highest BCUT2D eigenvalue weighted by Gasteiger charge is 2.19. The molecule has 1 fully saturated rings. The van der Waals surface area contributed by atoms with E-state index in [2.05, 4.69) is 15.5 Å². The van der Waals surface area contributed by atoms with Gasteiger partial charge in [0.1, 0.15) is 0 Å². The third kappa shape index (κ3) is 5.77. The summed E-state index contributed by atoms with van der Waals surface area (Å²) in [5.74, 6) is 0.875. The van der Waals surface area contributed by atoms with Crippen molar-refractivity contribution in [3.8, 4) is 11.5 Å². The van der Waals surface area contributed by atoms with Crippen molar-refractivity contribution in [1.82, 2.24) is 25.3 Å². The monoisotopic (exact) mass is 417 g/mol. The van der Waals surface area contributed by atoms with Crippen molar-refractivity contribution in [3.05, 3.63) is 35.7 Å². The fourth-order valence-electron chi connectivity index (χ4n) is 2.94. The fourth-order valence-corrected chi connectivity index (χ4v) is 2.94. The van der Waals surface area contributed by atoms with Crippen molar-refractivity contribution < 1.29 is 23.6 Å². The molecule has 2 heterocycles. The lowest BCUT2D eigenvalue weighted by Gasteiger charge is -2.26. The molecule has 3 amide bonds. The molecular weight excluding hydrogens is 390 g/mol. The number of hydrogen-bond acceptors (Lipinski definition) is 7. The molecule has 1 aromatic carbocycles. The molecule has 0 atom stereocenters. The van der Waals surface area contributed by atoms with E-state index in [1.54, 1.807) is 48.2 Å². The van der Waals surface area contributed by atoms with Gasteiger partial charge in [-0.05, 0) is 24.3 Å². The van der Waals surface area contributed by atoms with E-state index in [1.165, 1.54) is 0 Å². The van der Waals surface area contributed by atoms with Crippen LogP contribution in [0.25, 0.3) is 11.5 Å². The highest BCUT2D eigenvalue weighted by molar-refractivity contribution is 5.94. The number of likely N-dealkylation sites (N-methyl/N-ethyl adjacent to an activating group) is 1. The number of methoxy groups -OCH3 is 1. The van der Waals surface area contributed by atoms with Crippen LogP contribution in [0.15, 0.2) is 28.8 Å². The number of urea groups is 1. The number of amides is 3. The largest absolute Gasteiger partial charge is 0.383 e. The standard InChI is InChI=1S/C20H27N5O5/c1-24(20(27)21-8-12-28-2)9-7-17-22-18(30-23-17)15-3-5-16(6-4-15)19(26)25-10-13-29-14-11-25/h3-6H,7-14H2,1-2H3,(H,21,27). The Balaban J connectivity index is 1.53. The van der Waals surface area contributed by atoms with Gasteiger partial charge in [0.05, 0.1) is 19.8 Å². The van der Waals surface area contributed by atoms with Gasteiger partial charge < -0.3 is 29.1 Å². The Bertz CT molecular complexity index is 832. The number of benzene rings is 1. The number of nitrogens with zero attached hydrogens (tertiary/aromatic N) is 4. The lowest BCUT2D eigenvalue weighted by atomic mass is 10.1. The van der Waals surface area contributed by atoms with Crippen LogP contribution in [-0.2, 0) is 15.9 Å². The van der Waals surface area contributed by atoms with Gasteiger partial charge in [-0.2, -0.15) is 4.98 Å². The Morgan fingerprint density at radius 2 is 1.97 bits per heavy atom. The minimum absolute atomic E-state index is 0.0112. The summed E-state index contributed by atoms with van der Waals surface area (Å²) in [6.45, 7) is 3.71. The molecule has 10 heteroatoms. The second-order valence-electron chi connectivity index (χ2n) is 6.89. The maximum atomic E-state index is 12.5. The molecule has 3 rings (SSSR count). The minimum Gasteiger partial charge on any atom is -0.383 e. The Labute approximate surface area is 175 Å². The molecule has 0 saturated carbocycles. The highest BCUT2D eigenvalue weighted by atomic mass is 16.5. The zero-order chi connectivity index (χ0) is 21.3. The van der Waals surface area contributed by atoms with Crippen molar-refractivity contribution in [2.75, 3.05) is 60.2 Å². The number of morpholine rings is 1. The first-order valence-corrected chi connectivity index (χ1v) is 9.86. The molecule has 1 aliphatic rings. The quantitative estimate of drug-likeness (QED) is 0.639. The van der Waals surface area contributed by atoms with Gasteiger partial charge in [-0.25, -0.2) is 4.79 Å². The Hall–Kier alpha value is -2.98. The summed E-state index contributed by atoms with van der Waals surface area (Å²) < 4.78 is 15.5. The van der Waals surface area contributed by atoms with Crippen molar-refractivity contribution in [2.45, 2.75) is 6.42 Å². The second kappa shape index (κ2) is 10.7. The maximum Gasteiger partial charge on any atom is 0.317 e. The molecule has 0 radical (unpaired) electrons. The molecule has 162 valence electrons. The molecule has 0 bridgehead atoms. The summed E-state index contributed by atoms with van der Waals surface area (Å²) in [5.41, 5.74) is 1.35. The molecule has 30 heavy (non-hydrogen) atoms. The van der Waals surface area contributed by atoms with E-state index in [9.17, 15) is 9.59 Å². The van der Waals surface area contributed by atoms with E-state index in [-0.39, 0.29) is 11.9 Å². The molecule has 0 unspecified atom stereocenters. The summed E-state index contributed by atoms with van der Waals surface area (Å²) in [6, 6.07) is 6.92. The molecule has 1 N–H and O–H groups in total. The van der Waals surface area contributed by atoms with Gasteiger partial charge in [0.15, 0.2) is 5.82 Å². The van der Waals surface area contributed by atoms with Crippen LogP contribution in [0.4, 0.5) is 4.79 Å². The molecule has 0 spiro atoms. The third-order valence-electron chi connectivity index (χ3n) is 4.75.